The standard InChI is InChI=1S/C14H24N2S/c1-4-12-10-16(8-7-15-12)11-14(2,3)13-6-5-9-17-13/h5-6,9,12,15H,4,7-8,10-11H2,1-3H3. The van der Waals surface area contributed by atoms with Crippen LogP contribution in [0.15, 0.2) is 17.5 Å². The Balaban J connectivity index is 1.96. The lowest BCUT2D eigenvalue weighted by molar-refractivity contribution is 0.167. The molecule has 2 rings (SSSR count). The molecule has 1 aromatic rings. The van der Waals surface area contributed by atoms with Crippen LogP contribution in [-0.4, -0.2) is 37.1 Å². The highest BCUT2D eigenvalue weighted by atomic mass is 32.1. The van der Waals surface area contributed by atoms with Crippen LogP contribution >= 0.6 is 11.3 Å². The minimum absolute atomic E-state index is 0.282. The summed E-state index contributed by atoms with van der Waals surface area (Å²) in [5.41, 5.74) is 0.282. The van der Waals surface area contributed by atoms with Gasteiger partial charge in [-0.05, 0) is 17.9 Å². The van der Waals surface area contributed by atoms with E-state index in [0.29, 0.717) is 6.04 Å². The van der Waals surface area contributed by atoms with Gasteiger partial charge in [0.25, 0.3) is 0 Å². The van der Waals surface area contributed by atoms with Gasteiger partial charge in [-0.3, -0.25) is 4.90 Å². The summed E-state index contributed by atoms with van der Waals surface area (Å²) in [4.78, 5) is 4.12. The highest BCUT2D eigenvalue weighted by Crippen LogP contribution is 2.28. The second-order valence-corrected chi connectivity index (χ2v) is 6.60. The fourth-order valence-corrected chi connectivity index (χ4v) is 3.46. The SMILES string of the molecule is CCC1CN(CC(C)(C)c2cccs2)CCN1. The van der Waals surface area contributed by atoms with Crippen LogP contribution in [0.5, 0.6) is 0 Å². The van der Waals surface area contributed by atoms with Crippen LogP contribution in [-0.2, 0) is 5.41 Å². The van der Waals surface area contributed by atoms with E-state index < -0.39 is 0 Å². The van der Waals surface area contributed by atoms with Crippen molar-refractivity contribution in [2.75, 3.05) is 26.2 Å². The van der Waals surface area contributed by atoms with Crippen molar-refractivity contribution >= 4 is 11.3 Å². The Morgan fingerprint density at radius 3 is 3.00 bits per heavy atom. The maximum Gasteiger partial charge on any atom is 0.0192 e. The Labute approximate surface area is 109 Å². The summed E-state index contributed by atoms with van der Waals surface area (Å²) in [6, 6.07) is 5.11. The molecule has 0 saturated carbocycles. The Kier molecular flexibility index (Phi) is 4.23. The van der Waals surface area contributed by atoms with Crippen molar-refractivity contribution in [2.24, 2.45) is 0 Å². The van der Waals surface area contributed by atoms with Crippen LogP contribution in [0, 0.1) is 0 Å². The number of hydrogen-bond acceptors (Lipinski definition) is 3. The molecule has 0 spiro atoms. The first kappa shape index (κ1) is 13.1. The van der Waals surface area contributed by atoms with Crippen LogP contribution in [0.1, 0.15) is 32.1 Å². The van der Waals surface area contributed by atoms with E-state index in [1.807, 2.05) is 11.3 Å². The third-order valence-corrected chi connectivity index (χ3v) is 4.88. The lowest BCUT2D eigenvalue weighted by Gasteiger charge is -2.38. The molecule has 2 nitrogen and oxygen atoms in total. The normalized spacial score (nSPS) is 22.9. The first-order chi connectivity index (χ1) is 8.12. The van der Waals surface area contributed by atoms with Crippen molar-refractivity contribution < 1.29 is 0 Å². The molecule has 1 aliphatic rings. The van der Waals surface area contributed by atoms with E-state index in [1.165, 1.54) is 30.9 Å². The third-order valence-electron chi connectivity index (χ3n) is 3.64. The van der Waals surface area contributed by atoms with E-state index in [4.69, 9.17) is 0 Å². The molecule has 3 heteroatoms. The zero-order chi connectivity index (χ0) is 12.3. The quantitative estimate of drug-likeness (QED) is 0.886. The van der Waals surface area contributed by atoms with E-state index in [-0.39, 0.29) is 5.41 Å². The largest absolute Gasteiger partial charge is 0.311 e. The molecule has 1 aromatic heterocycles. The Hall–Kier alpha value is -0.380. The van der Waals surface area contributed by atoms with Gasteiger partial charge < -0.3 is 5.32 Å². The first-order valence-electron chi connectivity index (χ1n) is 6.61. The van der Waals surface area contributed by atoms with E-state index in [9.17, 15) is 0 Å². The van der Waals surface area contributed by atoms with Crippen molar-refractivity contribution in [3.8, 4) is 0 Å². The van der Waals surface area contributed by atoms with Crippen LogP contribution in [0.25, 0.3) is 0 Å². The second-order valence-electron chi connectivity index (χ2n) is 5.66. The lowest BCUT2D eigenvalue weighted by Crippen LogP contribution is -2.52. The van der Waals surface area contributed by atoms with E-state index in [0.717, 1.165) is 6.54 Å². The van der Waals surface area contributed by atoms with Gasteiger partial charge in [0.05, 0.1) is 0 Å². The fourth-order valence-electron chi connectivity index (χ4n) is 2.61. The monoisotopic (exact) mass is 252 g/mol. The molecule has 1 N–H and O–H groups in total. The van der Waals surface area contributed by atoms with Crippen molar-refractivity contribution in [3.63, 3.8) is 0 Å². The van der Waals surface area contributed by atoms with Gasteiger partial charge in [-0.1, -0.05) is 26.8 Å². The molecule has 0 aliphatic carbocycles. The zero-order valence-corrected chi connectivity index (χ0v) is 12.0. The third kappa shape index (κ3) is 3.30. The fraction of sp³-hybridized carbons (Fsp3) is 0.714. The van der Waals surface area contributed by atoms with E-state index in [1.54, 1.807) is 0 Å². The highest BCUT2D eigenvalue weighted by molar-refractivity contribution is 7.10. The molecule has 96 valence electrons. The zero-order valence-electron chi connectivity index (χ0n) is 11.2. The molecule has 0 aromatic carbocycles. The molecule has 2 heterocycles. The summed E-state index contributed by atoms with van der Waals surface area (Å²) in [6.07, 6.45) is 1.23. The van der Waals surface area contributed by atoms with Crippen LogP contribution in [0.2, 0.25) is 0 Å². The van der Waals surface area contributed by atoms with Crippen molar-refractivity contribution in [3.05, 3.63) is 22.4 Å². The van der Waals surface area contributed by atoms with Crippen LogP contribution in [0.3, 0.4) is 0 Å². The maximum atomic E-state index is 3.58. The second kappa shape index (κ2) is 5.51. The molecular weight excluding hydrogens is 228 g/mol. The van der Waals surface area contributed by atoms with Gasteiger partial charge in [0.15, 0.2) is 0 Å². The predicted octanol–water partition coefficient (Wildman–Crippen LogP) is 2.71. The maximum absolute atomic E-state index is 3.58. The Morgan fingerprint density at radius 1 is 1.53 bits per heavy atom. The van der Waals surface area contributed by atoms with E-state index >= 15 is 0 Å². The molecular formula is C14H24N2S. The number of hydrogen-bond donors (Lipinski definition) is 1. The van der Waals surface area contributed by atoms with Crippen LogP contribution in [0.4, 0.5) is 0 Å². The Bertz CT molecular complexity index is 332. The lowest BCUT2D eigenvalue weighted by atomic mass is 9.90. The summed E-state index contributed by atoms with van der Waals surface area (Å²) >= 11 is 1.88. The van der Waals surface area contributed by atoms with E-state index in [2.05, 4.69) is 48.5 Å². The molecule has 17 heavy (non-hydrogen) atoms. The minimum atomic E-state index is 0.282. The molecule has 1 aliphatic heterocycles. The van der Waals surface area contributed by atoms with Gasteiger partial charge in [0.2, 0.25) is 0 Å². The van der Waals surface area contributed by atoms with Gasteiger partial charge >= 0.3 is 0 Å². The average molecular weight is 252 g/mol. The molecule has 0 amide bonds. The van der Waals surface area contributed by atoms with Gasteiger partial charge in [-0.2, -0.15) is 0 Å². The number of rotatable bonds is 4. The summed E-state index contributed by atoms with van der Waals surface area (Å²) < 4.78 is 0. The molecule has 1 saturated heterocycles. The molecule has 1 fully saturated rings. The first-order valence-corrected chi connectivity index (χ1v) is 7.49. The molecule has 1 atom stereocenters. The van der Waals surface area contributed by atoms with Crippen molar-refractivity contribution in [1.29, 1.82) is 0 Å². The highest BCUT2D eigenvalue weighted by Gasteiger charge is 2.27. The smallest absolute Gasteiger partial charge is 0.0192 e. The van der Waals surface area contributed by atoms with Crippen LogP contribution < -0.4 is 5.32 Å². The Morgan fingerprint density at radius 2 is 2.35 bits per heavy atom. The summed E-state index contributed by atoms with van der Waals surface area (Å²) in [5.74, 6) is 0. The van der Waals surface area contributed by atoms with Crippen molar-refractivity contribution in [2.45, 2.75) is 38.6 Å². The predicted molar refractivity (Wildman–Crippen MR) is 75.9 cm³/mol. The average Bonchev–Trinajstić information content (AvgIpc) is 2.83. The van der Waals surface area contributed by atoms with Crippen molar-refractivity contribution in [1.82, 2.24) is 10.2 Å². The van der Waals surface area contributed by atoms with Gasteiger partial charge in [-0.25, -0.2) is 0 Å². The minimum Gasteiger partial charge on any atom is -0.311 e. The number of nitrogens with zero attached hydrogens (tertiary/aromatic N) is 1. The number of thiophene rings is 1. The van der Waals surface area contributed by atoms with Gasteiger partial charge in [0.1, 0.15) is 0 Å². The molecule has 0 bridgehead atoms. The molecule has 0 radical (unpaired) electrons. The van der Waals surface area contributed by atoms with Gasteiger partial charge in [-0.15, -0.1) is 11.3 Å². The summed E-state index contributed by atoms with van der Waals surface area (Å²) in [7, 11) is 0. The number of piperazine rings is 1. The molecule has 1 unspecified atom stereocenters. The summed E-state index contributed by atoms with van der Waals surface area (Å²) in [5, 5.41) is 5.76. The summed E-state index contributed by atoms with van der Waals surface area (Å²) in [6.45, 7) is 11.7. The topological polar surface area (TPSA) is 15.3 Å². The van der Waals surface area contributed by atoms with Gasteiger partial charge in [0, 0.05) is 42.5 Å². The number of nitrogens with one attached hydrogen (secondary N) is 1.